The van der Waals surface area contributed by atoms with Crippen molar-refractivity contribution in [3.8, 4) is 38.7 Å². The lowest BCUT2D eigenvalue weighted by Crippen LogP contribution is -2.48. The second-order valence-corrected chi connectivity index (χ2v) is 11.7. The summed E-state index contributed by atoms with van der Waals surface area (Å²) in [5.41, 5.74) is 3.74. The van der Waals surface area contributed by atoms with E-state index in [1.54, 1.807) is 24.9 Å². The second-order valence-electron chi connectivity index (χ2n) is 9.90. The highest BCUT2D eigenvalue weighted by molar-refractivity contribution is 7.18. The molecule has 1 saturated heterocycles. The molecule has 1 amide bonds. The summed E-state index contributed by atoms with van der Waals surface area (Å²) in [4.78, 5) is 24.6. The number of imidazole rings is 1. The molecule has 2 aromatic carbocycles. The molecule has 0 spiro atoms. The highest BCUT2D eigenvalue weighted by Gasteiger charge is 2.27. The lowest BCUT2D eigenvalue weighted by Gasteiger charge is -2.37. The third-order valence-corrected chi connectivity index (χ3v) is 8.74. The summed E-state index contributed by atoms with van der Waals surface area (Å²) in [6.45, 7) is 4.07. The Hall–Kier alpha value is -4.42. The van der Waals surface area contributed by atoms with Crippen molar-refractivity contribution >= 4 is 44.5 Å². The summed E-state index contributed by atoms with van der Waals surface area (Å²) in [7, 11) is 3.18. The monoisotopic (exact) mass is 587 g/mol. The minimum Gasteiger partial charge on any atom is -0.496 e. The number of carbonyl (C=O) groups excluding carboxylic acids is 1. The number of fused-ring (bicyclic) bond motifs is 2. The number of amides is 1. The number of rotatable bonds is 8. The first-order valence-electron chi connectivity index (χ1n) is 13.0. The van der Waals surface area contributed by atoms with Gasteiger partial charge in [-0.05, 0) is 35.5 Å². The van der Waals surface area contributed by atoms with Crippen LogP contribution in [0.5, 0.6) is 16.7 Å². The van der Waals surface area contributed by atoms with E-state index < -0.39 is 0 Å². The Balaban J connectivity index is 1.09. The Morgan fingerprint density at radius 3 is 2.66 bits per heavy atom. The number of aromatic nitrogens is 4. The van der Waals surface area contributed by atoms with Gasteiger partial charge in [-0.2, -0.15) is 0 Å². The van der Waals surface area contributed by atoms with Gasteiger partial charge in [0.05, 0.1) is 31.5 Å². The first-order chi connectivity index (χ1) is 20.0. The highest BCUT2D eigenvalue weighted by atomic mass is 32.1. The summed E-state index contributed by atoms with van der Waals surface area (Å²) < 4.78 is 24.7. The first-order valence-corrected chi connectivity index (χ1v) is 14.7. The zero-order chi connectivity index (χ0) is 28.1. The molecule has 208 valence electrons. The smallest absolute Gasteiger partial charge is 0.294 e. The molecule has 1 aliphatic heterocycles. The van der Waals surface area contributed by atoms with Crippen molar-refractivity contribution < 1.29 is 23.4 Å². The number of hydrogen-bond acceptors (Lipinski definition) is 10. The average molecular weight is 588 g/mol. The lowest BCUT2D eigenvalue weighted by molar-refractivity contribution is 0.0530. The Morgan fingerprint density at radius 1 is 1.10 bits per heavy atom. The molecular weight excluding hydrogens is 562 g/mol. The topological polar surface area (TPSA) is 104 Å². The van der Waals surface area contributed by atoms with Crippen LogP contribution in [0, 0.1) is 5.92 Å². The Kier molecular flexibility index (Phi) is 6.36. The molecule has 6 aromatic rings. The Morgan fingerprint density at radius 2 is 1.93 bits per heavy atom. The molecule has 0 unspecified atom stereocenters. The molecule has 7 rings (SSSR count). The standard InChI is InChI=1S/C29H25N5O5S2/c1-16-11-33(12-16)27(35)18-6-4-17(5-7-18)26-30-19(15-40-26)14-38-23-8-20(36-2)9-24-21(23)10-25(39-24)22-13-34-28(31-22)41-29(32-34)37-3/h4-10,13,15-16H,11-12,14H2,1-3H3. The molecule has 10 nitrogen and oxygen atoms in total. The molecule has 4 aromatic heterocycles. The Bertz CT molecular complexity index is 1850. The van der Waals surface area contributed by atoms with Gasteiger partial charge in [0.15, 0.2) is 5.76 Å². The van der Waals surface area contributed by atoms with Crippen LogP contribution in [0.4, 0.5) is 0 Å². The lowest BCUT2D eigenvalue weighted by atomic mass is 10.0. The number of ether oxygens (including phenoxy) is 3. The molecule has 0 atom stereocenters. The summed E-state index contributed by atoms with van der Waals surface area (Å²) >= 11 is 2.89. The van der Waals surface area contributed by atoms with Gasteiger partial charge in [0.2, 0.25) is 4.96 Å². The van der Waals surface area contributed by atoms with Crippen LogP contribution in [0.2, 0.25) is 0 Å². The molecule has 1 aliphatic rings. The molecule has 12 heteroatoms. The van der Waals surface area contributed by atoms with Crippen molar-refractivity contribution in [2.24, 2.45) is 5.92 Å². The molecule has 0 aliphatic carbocycles. The van der Waals surface area contributed by atoms with Gasteiger partial charge in [-0.1, -0.05) is 19.1 Å². The second kappa shape index (κ2) is 10.2. The zero-order valence-electron chi connectivity index (χ0n) is 22.5. The van der Waals surface area contributed by atoms with E-state index in [1.807, 2.05) is 52.7 Å². The van der Waals surface area contributed by atoms with E-state index in [9.17, 15) is 4.79 Å². The van der Waals surface area contributed by atoms with Crippen LogP contribution in [0.15, 0.2) is 58.5 Å². The van der Waals surface area contributed by atoms with Crippen LogP contribution in [-0.2, 0) is 6.61 Å². The van der Waals surface area contributed by atoms with Crippen LogP contribution in [-0.4, -0.2) is 57.7 Å². The first kappa shape index (κ1) is 25.5. The number of benzene rings is 2. The predicted molar refractivity (Wildman–Crippen MR) is 156 cm³/mol. The fraction of sp³-hybridized carbons (Fsp3) is 0.241. The molecule has 41 heavy (non-hydrogen) atoms. The van der Waals surface area contributed by atoms with E-state index in [4.69, 9.17) is 23.6 Å². The van der Waals surface area contributed by atoms with Gasteiger partial charge in [-0.3, -0.25) is 4.79 Å². The summed E-state index contributed by atoms with van der Waals surface area (Å²) in [5.74, 6) is 2.49. The van der Waals surface area contributed by atoms with Crippen molar-refractivity contribution in [3.05, 3.63) is 65.3 Å². The number of thiazole rings is 1. The summed E-state index contributed by atoms with van der Waals surface area (Å²) in [6, 6.07) is 13.2. The SMILES string of the molecule is COc1cc(OCc2csc(-c3ccc(C(=O)N4CC(C)C4)cc3)n2)c2cc(-c3cn4nc(OC)sc4n3)oc2c1. The third-order valence-electron chi connectivity index (χ3n) is 6.92. The highest BCUT2D eigenvalue weighted by Crippen LogP contribution is 2.38. The van der Waals surface area contributed by atoms with Crippen molar-refractivity contribution in [1.82, 2.24) is 24.5 Å². The summed E-state index contributed by atoms with van der Waals surface area (Å²) in [6.07, 6.45) is 1.80. The predicted octanol–water partition coefficient (Wildman–Crippen LogP) is 6.02. The van der Waals surface area contributed by atoms with Crippen LogP contribution < -0.4 is 14.2 Å². The van der Waals surface area contributed by atoms with Gasteiger partial charge in [-0.25, -0.2) is 14.5 Å². The molecule has 0 bridgehead atoms. The van der Waals surface area contributed by atoms with Gasteiger partial charge < -0.3 is 23.5 Å². The number of methoxy groups -OCH3 is 2. The van der Waals surface area contributed by atoms with E-state index in [0.29, 0.717) is 50.2 Å². The Labute approximate surface area is 242 Å². The minimum absolute atomic E-state index is 0.0829. The molecule has 5 heterocycles. The normalized spacial score (nSPS) is 13.6. The fourth-order valence-electron chi connectivity index (χ4n) is 4.79. The van der Waals surface area contributed by atoms with Crippen LogP contribution in [0.1, 0.15) is 23.0 Å². The molecule has 0 saturated carbocycles. The van der Waals surface area contributed by atoms with Gasteiger partial charge in [0, 0.05) is 41.7 Å². The quantitative estimate of drug-likeness (QED) is 0.213. The molecule has 1 fully saturated rings. The van der Waals surface area contributed by atoms with Crippen LogP contribution in [0.25, 0.3) is 38.0 Å². The number of likely N-dealkylation sites (tertiary alicyclic amines) is 1. The number of nitrogens with zero attached hydrogens (tertiary/aromatic N) is 5. The summed E-state index contributed by atoms with van der Waals surface area (Å²) in [5, 5.41) is 8.52. The van der Waals surface area contributed by atoms with Crippen molar-refractivity contribution in [2.45, 2.75) is 13.5 Å². The molecule has 0 radical (unpaired) electrons. The largest absolute Gasteiger partial charge is 0.496 e. The van der Waals surface area contributed by atoms with Gasteiger partial charge in [0.1, 0.15) is 34.4 Å². The van der Waals surface area contributed by atoms with Crippen molar-refractivity contribution in [1.29, 1.82) is 0 Å². The van der Waals surface area contributed by atoms with E-state index in [2.05, 4.69) is 17.0 Å². The van der Waals surface area contributed by atoms with Crippen molar-refractivity contribution in [2.75, 3.05) is 27.3 Å². The number of carbonyl (C=O) groups is 1. The zero-order valence-corrected chi connectivity index (χ0v) is 24.1. The maximum absolute atomic E-state index is 12.6. The van der Waals surface area contributed by atoms with Crippen LogP contribution in [0.3, 0.4) is 0 Å². The fourth-order valence-corrected chi connectivity index (χ4v) is 6.30. The van der Waals surface area contributed by atoms with E-state index in [1.165, 1.54) is 22.7 Å². The molecular formula is C29H25N5O5S2. The molecule has 0 N–H and O–H groups in total. The average Bonchev–Trinajstić information content (AvgIpc) is 3.76. The third kappa shape index (κ3) is 4.78. The number of hydrogen-bond donors (Lipinski definition) is 0. The van der Waals surface area contributed by atoms with Crippen molar-refractivity contribution in [3.63, 3.8) is 0 Å². The number of furan rings is 1. The van der Waals surface area contributed by atoms with Gasteiger partial charge in [0.25, 0.3) is 11.1 Å². The van der Waals surface area contributed by atoms with Gasteiger partial charge in [-0.15, -0.1) is 16.4 Å². The van der Waals surface area contributed by atoms with E-state index in [-0.39, 0.29) is 12.5 Å². The maximum atomic E-state index is 12.6. The maximum Gasteiger partial charge on any atom is 0.294 e. The minimum atomic E-state index is 0.0829. The van der Waals surface area contributed by atoms with E-state index in [0.717, 1.165) is 34.7 Å². The van der Waals surface area contributed by atoms with E-state index >= 15 is 0 Å². The van der Waals surface area contributed by atoms with Crippen LogP contribution >= 0.6 is 22.7 Å². The van der Waals surface area contributed by atoms with Gasteiger partial charge >= 0.3 is 0 Å².